The maximum atomic E-state index is 11.2. The molecule has 0 aliphatic carbocycles. The molecule has 7 nitrogen and oxygen atoms in total. The third-order valence-corrected chi connectivity index (χ3v) is 4.08. The minimum absolute atomic E-state index is 0.0989. The van der Waals surface area contributed by atoms with Gasteiger partial charge in [0.25, 0.3) is 0 Å². The van der Waals surface area contributed by atoms with Crippen LogP contribution in [0, 0.1) is 0 Å². The lowest BCUT2D eigenvalue weighted by molar-refractivity contribution is -0.114. The summed E-state index contributed by atoms with van der Waals surface area (Å²) in [6.45, 7) is 2.88. The number of hydrogen-bond acceptors (Lipinski definition) is 6. The van der Waals surface area contributed by atoms with E-state index in [1.807, 2.05) is 60.7 Å². The van der Waals surface area contributed by atoms with Crippen LogP contribution in [0.15, 0.2) is 60.7 Å². The van der Waals surface area contributed by atoms with Gasteiger partial charge in [0.05, 0.1) is 5.69 Å². The van der Waals surface area contributed by atoms with Gasteiger partial charge in [0.15, 0.2) is 0 Å². The van der Waals surface area contributed by atoms with E-state index in [1.54, 1.807) is 7.11 Å². The molecule has 3 N–H and O–H groups in total. The highest BCUT2D eigenvalue weighted by Crippen LogP contribution is 2.24. The normalized spacial score (nSPS) is 10.4. The Hall–Kier alpha value is -3.45. The zero-order chi connectivity index (χ0) is 20.5. The Morgan fingerprint density at radius 3 is 2.41 bits per heavy atom. The van der Waals surface area contributed by atoms with Crippen molar-refractivity contribution in [2.45, 2.75) is 13.3 Å². The van der Waals surface area contributed by atoms with Crippen molar-refractivity contribution in [3.05, 3.63) is 60.7 Å². The highest BCUT2D eigenvalue weighted by atomic mass is 16.5. The number of carbonyl (C=O) groups excluding carboxylic acids is 1. The number of methoxy groups -OCH3 is 1. The molecule has 7 heteroatoms. The molecule has 0 atom stereocenters. The smallest absolute Gasteiger partial charge is 0.225 e. The molecule has 0 aliphatic rings. The van der Waals surface area contributed by atoms with Gasteiger partial charge in [0, 0.05) is 50.2 Å². The van der Waals surface area contributed by atoms with E-state index in [2.05, 4.69) is 25.9 Å². The lowest BCUT2D eigenvalue weighted by Crippen LogP contribution is -2.09. The van der Waals surface area contributed by atoms with Crippen LogP contribution in [0.1, 0.15) is 13.3 Å². The van der Waals surface area contributed by atoms with E-state index in [4.69, 9.17) is 4.74 Å². The summed E-state index contributed by atoms with van der Waals surface area (Å²) in [5, 5.41) is 9.32. The molecule has 0 bridgehead atoms. The number of carbonyl (C=O) groups is 1. The van der Waals surface area contributed by atoms with Gasteiger partial charge in [0.1, 0.15) is 5.82 Å². The third kappa shape index (κ3) is 6.29. The molecule has 3 aromatic rings. The van der Waals surface area contributed by atoms with Crippen molar-refractivity contribution >= 4 is 29.0 Å². The van der Waals surface area contributed by atoms with E-state index in [0.717, 1.165) is 35.6 Å². The van der Waals surface area contributed by atoms with Gasteiger partial charge in [0.2, 0.25) is 11.9 Å². The molecule has 0 saturated heterocycles. The second-order valence-electron chi connectivity index (χ2n) is 6.48. The summed E-state index contributed by atoms with van der Waals surface area (Å²) in [4.78, 5) is 20.4. The van der Waals surface area contributed by atoms with Crippen LogP contribution in [-0.2, 0) is 9.53 Å². The molecule has 2 aromatic carbocycles. The van der Waals surface area contributed by atoms with Gasteiger partial charge in [-0.1, -0.05) is 30.3 Å². The molecular formula is C22H25N5O2. The number of nitrogens with zero attached hydrogens (tertiary/aromatic N) is 2. The third-order valence-electron chi connectivity index (χ3n) is 4.08. The van der Waals surface area contributed by atoms with Crippen molar-refractivity contribution in [2.75, 3.05) is 36.2 Å². The molecule has 0 saturated carbocycles. The monoisotopic (exact) mass is 391 g/mol. The Balaban J connectivity index is 1.81. The first-order chi connectivity index (χ1) is 14.1. The van der Waals surface area contributed by atoms with E-state index < -0.39 is 0 Å². The van der Waals surface area contributed by atoms with Crippen LogP contribution >= 0.6 is 0 Å². The topological polar surface area (TPSA) is 88.2 Å². The predicted molar refractivity (Wildman–Crippen MR) is 116 cm³/mol. The maximum Gasteiger partial charge on any atom is 0.225 e. The van der Waals surface area contributed by atoms with E-state index in [-0.39, 0.29) is 5.91 Å². The highest BCUT2D eigenvalue weighted by Gasteiger charge is 2.07. The fourth-order valence-corrected chi connectivity index (χ4v) is 2.75. The molecule has 0 fully saturated rings. The van der Waals surface area contributed by atoms with Gasteiger partial charge in [-0.2, -0.15) is 4.98 Å². The van der Waals surface area contributed by atoms with Crippen molar-refractivity contribution in [3.8, 4) is 11.3 Å². The first kappa shape index (κ1) is 20.3. The van der Waals surface area contributed by atoms with Crippen LogP contribution in [0.5, 0.6) is 0 Å². The van der Waals surface area contributed by atoms with E-state index in [1.165, 1.54) is 6.92 Å². The first-order valence-corrected chi connectivity index (χ1v) is 9.46. The number of aromatic nitrogens is 2. The van der Waals surface area contributed by atoms with Gasteiger partial charge in [-0.25, -0.2) is 4.98 Å². The van der Waals surface area contributed by atoms with Crippen LogP contribution in [0.2, 0.25) is 0 Å². The lowest BCUT2D eigenvalue weighted by atomic mass is 10.1. The molecule has 0 aliphatic heterocycles. The molecule has 1 aromatic heterocycles. The standard InChI is InChI=1S/C22H25N5O2/c1-16(28)24-18-9-11-19(12-10-18)25-21-15-20(17-7-4-3-5-8-17)26-22(27-21)23-13-6-14-29-2/h3-5,7-12,15H,6,13-14H2,1-2H3,(H,24,28)(H2,23,25,26,27). The average molecular weight is 391 g/mol. The molecule has 0 unspecified atom stereocenters. The molecule has 150 valence electrons. The van der Waals surface area contributed by atoms with Crippen molar-refractivity contribution in [1.82, 2.24) is 9.97 Å². The molecular weight excluding hydrogens is 366 g/mol. The van der Waals surface area contributed by atoms with Gasteiger partial charge in [-0.05, 0) is 30.7 Å². The van der Waals surface area contributed by atoms with Crippen molar-refractivity contribution in [3.63, 3.8) is 0 Å². The first-order valence-electron chi connectivity index (χ1n) is 9.46. The summed E-state index contributed by atoms with van der Waals surface area (Å²) >= 11 is 0. The minimum atomic E-state index is -0.0989. The van der Waals surface area contributed by atoms with E-state index in [0.29, 0.717) is 18.4 Å². The van der Waals surface area contributed by atoms with Crippen LogP contribution in [0.4, 0.5) is 23.1 Å². The van der Waals surface area contributed by atoms with Crippen molar-refractivity contribution in [1.29, 1.82) is 0 Å². The fourth-order valence-electron chi connectivity index (χ4n) is 2.75. The number of rotatable bonds is 9. The van der Waals surface area contributed by atoms with Gasteiger partial charge in [-0.3, -0.25) is 4.79 Å². The number of hydrogen-bond donors (Lipinski definition) is 3. The zero-order valence-electron chi connectivity index (χ0n) is 16.6. The molecule has 1 heterocycles. The van der Waals surface area contributed by atoms with Crippen molar-refractivity contribution < 1.29 is 9.53 Å². The number of nitrogens with one attached hydrogen (secondary N) is 3. The van der Waals surface area contributed by atoms with E-state index in [9.17, 15) is 4.79 Å². The number of benzene rings is 2. The Bertz CT molecular complexity index is 930. The summed E-state index contributed by atoms with van der Waals surface area (Å²) in [5.74, 6) is 1.14. The quantitative estimate of drug-likeness (QED) is 0.472. The Morgan fingerprint density at radius 2 is 1.72 bits per heavy atom. The summed E-state index contributed by atoms with van der Waals surface area (Å²) in [5.41, 5.74) is 3.45. The van der Waals surface area contributed by atoms with Crippen LogP contribution in [0.25, 0.3) is 11.3 Å². The number of ether oxygens (including phenoxy) is 1. The number of anilines is 4. The highest BCUT2D eigenvalue weighted by molar-refractivity contribution is 5.88. The predicted octanol–water partition coefficient (Wildman–Crippen LogP) is 4.29. The minimum Gasteiger partial charge on any atom is -0.385 e. The molecule has 0 radical (unpaired) electrons. The Morgan fingerprint density at radius 1 is 1.00 bits per heavy atom. The number of amides is 1. The van der Waals surface area contributed by atoms with Gasteiger partial charge in [-0.15, -0.1) is 0 Å². The van der Waals surface area contributed by atoms with Crippen LogP contribution < -0.4 is 16.0 Å². The van der Waals surface area contributed by atoms with Crippen LogP contribution in [0.3, 0.4) is 0 Å². The van der Waals surface area contributed by atoms with Gasteiger partial charge < -0.3 is 20.7 Å². The summed E-state index contributed by atoms with van der Waals surface area (Å²) in [6.07, 6.45) is 0.864. The van der Waals surface area contributed by atoms with Crippen LogP contribution in [-0.4, -0.2) is 36.1 Å². The molecule has 1 amide bonds. The van der Waals surface area contributed by atoms with Gasteiger partial charge >= 0.3 is 0 Å². The molecule has 0 spiro atoms. The Labute approximate surface area is 170 Å². The zero-order valence-corrected chi connectivity index (χ0v) is 16.6. The average Bonchev–Trinajstić information content (AvgIpc) is 2.73. The lowest BCUT2D eigenvalue weighted by Gasteiger charge is -2.12. The summed E-state index contributed by atoms with van der Waals surface area (Å²) in [7, 11) is 1.69. The second-order valence-corrected chi connectivity index (χ2v) is 6.48. The maximum absolute atomic E-state index is 11.2. The second kappa shape index (κ2) is 10.2. The molecule has 29 heavy (non-hydrogen) atoms. The SMILES string of the molecule is COCCCNc1nc(Nc2ccc(NC(C)=O)cc2)cc(-c2ccccc2)n1. The fraction of sp³-hybridized carbons (Fsp3) is 0.227. The Kier molecular flexibility index (Phi) is 7.13. The van der Waals surface area contributed by atoms with Crippen molar-refractivity contribution in [2.24, 2.45) is 0 Å². The summed E-state index contributed by atoms with van der Waals surface area (Å²) in [6, 6.07) is 19.4. The summed E-state index contributed by atoms with van der Waals surface area (Å²) < 4.78 is 5.09. The largest absolute Gasteiger partial charge is 0.385 e. The van der Waals surface area contributed by atoms with E-state index >= 15 is 0 Å². The molecule has 3 rings (SSSR count).